The molecule has 0 unspecified atom stereocenters. The zero-order valence-electron chi connectivity index (χ0n) is 17.0. The largest absolute Gasteiger partial charge is 0.467 e. The van der Waals surface area contributed by atoms with E-state index in [1.165, 1.54) is 18.4 Å². The van der Waals surface area contributed by atoms with E-state index in [0.29, 0.717) is 18.0 Å². The number of ketones is 1. The fourth-order valence-corrected chi connectivity index (χ4v) is 4.53. The molecule has 1 saturated heterocycles. The Morgan fingerprint density at radius 2 is 1.97 bits per heavy atom. The molecule has 0 aliphatic carbocycles. The molecule has 7 heteroatoms. The monoisotopic (exact) mass is 414 g/mol. The fourth-order valence-electron chi connectivity index (χ4n) is 3.66. The Morgan fingerprint density at radius 3 is 2.62 bits per heavy atom. The molecule has 0 radical (unpaired) electrons. The molecule has 154 valence electrons. The molecule has 2 heterocycles. The summed E-state index contributed by atoms with van der Waals surface area (Å²) < 4.78 is 4.84. The molecule has 1 amide bonds. The van der Waals surface area contributed by atoms with E-state index in [1.54, 1.807) is 11.1 Å². The van der Waals surface area contributed by atoms with Crippen LogP contribution in [-0.4, -0.2) is 47.2 Å². The topological polar surface area (TPSA) is 76.6 Å². The number of hydrogen-bond acceptors (Lipinski definition) is 6. The highest BCUT2D eigenvalue weighted by Gasteiger charge is 2.39. The first-order chi connectivity index (χ1) is 13.9. The van der Waals surface area contributed by atoms with Gasteiger partial charge in [-0.15, -0.1) is 11.3 Å². The van der Waals surface area contributed by atoms with Crippen LogP contribution < -0.4 is 0 Å². The van der Waals surface area contributed by atoms with Crippen LogP contribution >= 0.6 is 11.3 Å². The summed E-state index contributed by atoms with van der Waals surface area (Å²) in [6, 6.07) is 9.23. The van der Waals surface area contributed by atoms with Crippen molar-refractivity contribution in [1.29, 1.82) is 0 Å². The lowest BCUT2D eigenvalue weighted by molar-refractivity contribution is -0.152. The van der Waals surface area contributed by atoms with Gasteiger partial charge < -0.3 is 9.64 Å². The minimum atomic E-state index is -0.548. The van der Waals surface area contributed by atoms with Crippen LogP contribution in [0, 0.1) is 11.8 Å². The van der Waals surface area contributed by atoms with Crippen molar-refractivity contribution < 1.29 is 19.1 Å². The highest BCUT2D eigenvalue weighted by molar-refractivity contribution is 7.17. The molecule has 29 heavy (non-hydrogen) atoms. The predicted molar refractivity (Wildman–Crippen MR) is 112 cm³/mol. The molecular weight excluding hydrogens is 388 g/mol. The maximum absolute atomic E-state index is 13.2. The summed E-state index contributed by atoms with van der Waals surface area (Å²) in [7, 11) is 1.33. The molecule has 1 aromatic heterocycles. The number of nitrogens with zero attached hydrogens (tertiary/aromatic N) is 2. The number of ether oxygens (including phenoxy) is 1. The third-order valence-electron chi connectivity index (χ3n) is 5.34. The average Bonchev–Trinajstić information content (AvgIpc) is 3.41. The Morgan fingerprint density at radius 1 is 1.24 bits per heavy atom. The van der Waals surface area contributed by atoms with Crippen molar-refractivity contribution in [2.24, 2.45) is 11.8 Å². The maximum Gasteiger partial charge on any atom is 0.328 e. The summed E-state index contributed by atoms with van der Waals surface area (Å²) in [6.45, 7) is 4.37. The number of Topliss-reactive ketones (excluding diaryl/α,β-unsaturated/α-hetero) is 1. The number of methoxy groups -OCH3 is 1. The van der Waals surface area contributed by atoms with Crippen LogP contribution in [0.5, 0.6) is 0 Å². The number of aromatic nitrogens is 1. The summed E-state index contributed by atoms with van der Waals surface area (Å²) in [4.78, 5) is 44.8. The van der Waals surface area contributed by atoms with Crippen molar-refractivity contribution in [3.05, 3.63) is 41.5 Å². The molecular formula is C22H26N2O4S. The first kappa shape index (κ1) is 21.2. The van der Waals surface area contributed by atoms with E-state index in [9.17, 15) is 14.4 Å². The van der Waals surface area contributed by atoms with Crippen LogP contribution in [0.1, 0.15) is 42.9 Å². The number of carbonyl (C=O) groups is 3. The average molecular weight is 415 g/mol. The Bertz CT molecular complexity index is 878. The van der Waals surface area contributed by atoms with Crippen LogP contribution in [0.15, 0.2) is 36.5 Å². The van der Waals surface area contributed by atoms with E-state index in [0.717, 1.165) is 16.9 Å². The summed E-state index contributed by atoms with van der Waals surface area (Å²) >= 11 is 1.34. The number of hydrogen-bond donors (Lipinski definition) is 0. The number of thiazole rings is 1. The highest BCUT2D eigenvalue weighted by Crippen LogP contribution is 2.30. The Balaban J connectivity index is 1.74. The van der Waals surface area contributed by atoms with E-state index < -0.39 is 17.9 Å². The smallest absolute Gasteiger partial charge is 0.328 e. The lowest BCUT2D eigenvalue weighted by Gasteiger charge is -2.29. The normalized spacial score (nSPS) is 17.4. The molecule has 2 aromatic rings. The van der Waals surface area contributed by atoms with Gasteiger partial charge in [-0.3, -0.25) is 9.59 Å². The maximum atomic E-state index is 13.2. The predicted octanol–water partition coefficient (Wildman–Crippen LogP) is 3.82. The molecule has 1 aromatic carbocycles. The van der Waals surface area contributed by atoms with Crippen molar-refractivity contribution in [1.82, 2.24) is 9.88 Å². The van der Waals surface area contributed by atoms with Crippen LogP contribution in [0.2, 0.25) is 0 Å². The van der Waals surface area contributed by atoms with Crippen LogP contribution in [0.25, 0.3) is 10.4 Å². The molecule has 1 aliphatic rings. The first-order valence-electron chi connectivity index (χ1n) is 9.85. The second-order valence-electron chi connectivity index (χ2n) is 7.59. The Labute approximate surface area is 174 Å². The first-order valence-corrected chi connectivity index (χ1v) is 10.7. The highest BCUT2D eigenvalue weighted by atomic mass is 32.1. The summed E-state index contributed by atoms with van der Waals surface area (Å²) in [6.07, 6.45) is 3.15. The summed E-state index contributed by atoms with van der Waals surface area (Å²) in [5.74, 6) is -1.20. The van der Waals surface area contributed by atoms with Gasteiger partial charge in [0.25, 0.3) is 0 Å². The van der Waals surface area contributed by atoms with Gasteiger partial charge in [0.2, 0.25) is 5.91 Å². The van der Waals surface area contributed by atoms with Gasteiger partial charge in [0.15, 0.2) is 10.8 Å². The van der Waals surface area contributed by atoms with Crippen molar-refractivity contribution in [2.75, 3.05) is 13.7 Å². The molecule has 1 aliphatic heterocycles. The second kappa shape index (κ2) is 9.31. The number of carbonyl (C=O) groups excluding carboxylic acids is 3. The quantitative estimate of drug-likeness (QED) is 0.508. The Hall–Kier alpha value is -2.54. The van der Waals surface area contributed by atoms with Crippen LogP contribution in [0.4, 0.5) is 0 Å². The number of amides is 1. The minimum absolute atomic E-state index is 0.0288. The van der Waals surface area contributed by atoms with Gasteiger partial charge in [-0.05, 0) is 24.3 Å². The number of benzene rings is 1. The number of esters is 1. The Kier molecular flexibility index (Phi) is 6.79. The molecule has 3 rings (SSSR count). The fraction of sp³-hybridized carbons (Fsp3) is 0.455. The zero-order chi connectivity index (χ0) is 21.0. The minimum Gasteiger partial charge on any atom is -0.467 e. The number of rotatable bonds is 7. The lowest BCUT2D eigenvalue weighted by atomic mass is 9.89. The lowest BCUT2D eigenvalue weighted by Crippen LogP contribution is -2.45. The summed E-state index contributed by atoms with van der Waals surface area (Å²) in [5, 5.41) is 0.410. The van der Waals surface area contributed by atoms with Crippen molar-refractivity contribution in [3.8, 4) is 10.4 Å². The van der Waals surface area contributed by atoms with Crippen molar-refractivity contribution >= 4 is 29.0 Å². The molecule has 0 bridgehead atoms. The van der Waals surface area contributed by atoms with Gasteiger partial charge in [-0.2, -0.15) is 0 Å². The standard InChI is InChI=1S/C22H26N2O4S/c1-14(2)16(21(26)24-11-7-10-17(24)22(27)28-3)12-18(25)20-23-13-19(29-20)15-8-5-4-6-9-15/h4-6,8-9,13-14,16-17H,7,10-12H2,1-3H3/t16-,17-/m0/s1. The van der Waals surface area contributed by atoms with Gasteiger partial charge in [0.05, 0.1) is 12.0 Å². The SMILES string of the molecule is COC(=O)[C@@H]1CCCN1C(=O)[C@@H](CC(=O)c1ncc(-c2ccccc2)s1)C(C)C. The van der Waals surface area contributed by atoms with E-state index >= 15 is 0 Å². The van der Waals surface area contributed by atoms with Gasteiger partial charge in [-0.25, -0.2) is 9.78 Å². The molecule has 1 fully saturated rings. The molecule has 0 saturated carbocycles. The molecule has 0 spiro atoms. The third kappa shape index (κ3) is 4.72. The van der Waals surface area contributed by atoms with E-state index in [2.05, 4.69) is 4.98 Å². The van der Waals surface area contributed by atoms with E-state index in [4.69, 9.17) is 4.74 Å². The van der Waals surface area contributed by atoms with E-state index in [-0.39, 0.29) is 24.0 Å². The second-order valence-corrected chi connectivity index (χ2v) is 8.62. The van der Waals surface area contributed by atoms with Gasteiger partial charge in [-0.1, -0.05) is 44.2 Å². The van der Waals surface area contributed by atoms with Crippen molar-refractivity contribution in [2.45, 2.75) is 39.2 Å². The molecule has 0 N–H and O–H groups in total. The third-order valence-corrected chi connectivity index (χ3v) is 6.43. The summed E-state index contributed by atoms with van der Waals surface area (Å²) in [5.41, 5.74) is 1.01. The van der Waals surface area contributed by atoms with E-state index in [1.807, 2.05) is 44.2 Å². The molecule has 6 nitrogen and oxygen atoms in total. The van der Waals surface area contributed by atoms with Crippen LogP contribution in [0.3, 0.4) is 0 Å². The van der Waals surface area contributed by atoms with Crippen LogP contribution in [-0.2, 0) is 14.3 Å². The van der Waals surface area contributed by atoms with Gasteiger partial charge in [0.1, 0.15) is 6.04 Å². The zero-order valence-corrected chi connectivity index (χ0v) is 17.8. The number of likely N-dealkylation sites (tertiary alicyclic amines) is 1. The van der Waals surface area contributed by atoms with Gasteiger partial charge in [0, 0.05) is 25.1 Å². The molecule has 2 atom stereocenters. The van der Waals surface area contributed by atoms with Crippen molar-refractivity contribution in [3.63, 3.8) is 0 Å². The van der Waals surface area contributed by atoms with Gasteiger partial charge >= 0.3 is 5.97 Å².